The number of rotatable bonds is 2. The van der Waals surface area contributed by atoms with Gasteiger partial charge in [-0.2, -0.15) is 0 Å². The Morgan fingerprint density at radius 2 is 2.06 bits per heavy atom. The summed E-state index contributed by atoms with van der Waals surface area (Å²) in [4.78, 5) is 14.5. The van der Waals surface area contributed by atoms with E-state index < -0.39 is 4.92 Å². The highest BCUT2D eigenvalue weighted by Crippen LogP contribution is 2.17. The smallest absolute Gasteiger partial charge is 0.286 e. The van der Waals surface area contributed by atoms with Gasteiger partial charge in [-0.25, -0.2) is 4.98 Å². The topological polar surface area (TPSA) is 60.4 Å². The van der Waals surface area contributed by atoms with Crippen molar-refractivity contribution in [3.63, 3.8) is 0 Å². The van der Waals surface area contributed by atoms with Gasteiger partial charge in [-0.05, 0) is 12.0 Å². The summed E-state index contributed by atoms with van der Waals surface area (Å²) in [7, 11) is 0. The van der Waals surface area contributed by atoms with E-state index in [1.54, 1.807) is 10.5 Å². The molecule has 0 aliphatic carbocycles. The van der Waals surface area contributed by atoms with Crippen LogP contribution < -0.4 is 0 Å². The Balaban J connectivity index is 0.00000128. The molecule has 6 heteroatoms. The number of nitrogens with zero attached hydrogens (tertiary/aromatic N) is 3. The van der Waals surface area contributed by atoms with Gasteiger partial charge < -0.3 is 0 Å². The lowest BCUT2D eigenvalue weighted by atomic mass is 10.2. The molecule has 0 fully saturated rings. The van der Waals surface area contributed by atoms with Crippen LogP contribution in [0.5, 0.6) is 0 Å². The predicted octanol–water partition coefficient (Wildman–Crippen LogP) is 2.94. The van der Waals surface area contributed by atoms with Gasteiger partial charge in [-0.15, -0.1) is 17.0 Å². The van der Waals surface area contributed by atoms with Gasteiger partial charge in [-0.3, -0.25) is 14.5 Å². The van der Waals surface area contributed by atoms with Crippen LogP contribution >= 0.6 is 17.0 Å². The highest BCUT2D eigenvalue weighted by Gasteiger charge is 2.09. The second kappa shape index (κ2) is 4.61. The maximum atomic E-state index is 10.6. The van der Waals surface area contributed by atoms with E-state index in [0.717, 1.165) is 11.3 Å². The molecule has 0 aliphatic heterocycles. The third-order valence-electron chi connectivity index (χ3n) is 2.26. The molecule has 0 radical (unpaired) electrons. The van der Waals surface area contributed by atoms with Crippen LogP contribution in [0.25, 0.3) is 5.65 Å². The van der Waals surface area contributed by atoms with E-state index in [1.165, 1.54) is 12.3 Å². The summed E-state index contributed by atoms with van der Waals surface area (Å²) in [6.45, 7) is 4.08. The molecule has 0 saturated carbocycles. The van der Waals surface area contributed by atoms with Gasteiger partial charge in [0, 0.05) is 12.3 Å². The second-order valence-corrected chi connectivity index (χ2v) is 3.73. The SMILES string of the molecule is Br.CC(C)c1cn2cc([N+](=O)[O-])ccc2n1. The average Bonchev–Trinajstić information content (AvgIpc) is 2.59. The van der Waals surface area contributed by atoms with E-state index in [0.29, 0.717) is 5.92 Å². The summed E-state index contributed by atoms with van der Waals surface area (Å²) in [6.07, 6.45) is 3.31. The highest BCUT2D eigenvalue weighted by atomic mass is 79.9. The predicted molar refractivity (Wildman–Crippen MR) is 66.3 cm³/mol. The zero-order chi connectivity index (χ0) is 11.0. The van der Waals surface area contributed by atoms with E-state index in [2.05, 4.69) is 4.98 Å². The number of halogens is 1. The summed E-state index contributed by atoms with van der Waals surface area (Å²) in [5, 5.41) is 10.6. The number of imidazole rings is 1. The minimum atomic E-state index is -0.408. The Kier molecular flexibility index (Phi) is 3.64. The molecule has 0 amide bonds. The number of aromatic nitrogens is 2. The van der Waals surface area contributed by atoms with Gasteiger partial charge in [0.1, 0.15) is 5.65 Å². The van der Waals surface area contributed by atoms with Crippen LogP contribution in [0.4, 0.5) is 5.69 Å². The molecule has 2 aromatic rings. The Morgan fingerprint density at radius 1 is 1.38 bits per heavy atom. The van der Waals surface area contributed by atoms with Crippen LogP contribution in [0.2, 0.25) is 0 Å². The number of hydrogen-bond donors (Lipinski definition) is 0. The van der Waals surface area contributed by atoms with Gasteiger partial charge in [-0.1, -0.05) is 13.8 Å². The van der Waals surface area contributed by atoms with Gasteiger partial charge in [0.05, 0.1) is 16.8 Å². The number of hydrogen-bond acceptors (Lipinski definition) is 3. The van der Waals surface area contributed by atoms with Crippen molar-refractivity contribution < 1.29 is 4.92 Å². The molecule has 5 nitrogen and oxygen atoms in total. The summed E-state index contributed by atoms with van der Waals surface area (Å²) < 4.78 is 1.69. The maximum absolute atomic E-state index is 10.6. The summed E-state index contributed by atoms with van der Waals surface area (Å²) >= 11 is 0. The third-order valence-corrected chi connectivity index (χ3v) is 2.26. The van der Waals surface area contributed by atoms with E-state index in [1.807, 2.05) is 20.0 Å². The van der Waals surface area contributed by atoms with Gasteiger partial charge >= 0.3 is 0 Å². The van der Waals surface area contributed by atoms with Crippen LogP contribution in [-0.2, 0) is 0 Å². The van der Waals surface area contributed by atoms with Crippen molar-refractivity contribution in [2.75, 3.05) is 0 Å². The first-order valence-electron chi connectivity index (χ1n) is 4.71. The van der Waals surface area contributed by atoms with Crippen LogP contribution in [0.3, 0.4) is 0 Å². The fourth-order valence-corrected chi connectivity index (χ4v) is 1.39. The van der Waals surface area contributed by atoms with Crippen molar-refractivity contribution in [2.24, 2.45) is 0 Å². The largest absolute Gasteiger partial charge is 0.300 e. The maximum Gasteiger partial charge on any atom is 0.286 e. The van der Waals surface area contributed by atoms with Gasteiger partial charge in [0.15, 0.2) is 0 Å². The zero-order valence-corrected chi connectivity index (χ0v) is 10.7. The monoisotopic (exact) mass is 285 g/mol. The molecule has 0 aliphatic rings. The molecule has 2 heterocycles. The van der Waals surface area contributed by atoms with Crippen molar-refractivity contribution in [1.29, 1.82) is 0 Å². The molecule has 0 aromatic carbocycles. The molecule has 86 valence electrons. The minimum absolute atomic E-state index is 0. The van der Waals surface area contributed by atoms with Gasteiger partial charge in [0.25, 0.3) is 5.69 Å². The fourth-order valence-electron chi connectivity index (χ4n) is 1.39. The highest BCUT2D eigenvalue weighted by molar-refractivity contribution is 8.93. The number of pyridine rings is 1. The first-order chi connectivity index (χ1) is 7.08. The Morgan fingerprint density at radius 3 is 2.62 bits per heavy atom. The standard InChI is InChI=1S/C10H11N3O2.BrH/c1-7(2)9-6-12-5-8(13(14)15)3-4-10(12)11-9;/h3-7H,1-2H3;1H. The first kappa shape index (κ1) is 12.6. The summed E-state index contributed by atoms with van der Waals surface area (Å²) in [5.74, 6) is 0.323. The zero-order valence-electron chi connectivity index (χ0n) is 8.95. The van der Waals surface area contributed by atoms with Crippen molar-refractivity contribution in [2.45, 2.75) is 19.8 Å². The number of nitro groups is 1. The quantitative estimate of drug-likeness (QED) is 0.630. The Labute approximate surface area is 103 Å². The van der Waals surface area contributed by atoms with Crippen molar-refractivity contribution >= 4 is 28.3 Å². The van der Waals surface area contributed by atoms with E-state index in [-0.39, 0.29) is 22.7 Å². The normalized spacial score (nSPS) is 10.4. The van der Waals surface area contributed by atoms with Crippen molar-refractivity contribution in [3.8, 4) is 0 Å². The minimum Gasteiger partial charge on any atom is -0.300 e. The first-order valence-corrected chi connectivity index (χ1v) is 4.71. The van der Waals surface area contributed by atoms with Crippen LogP contribution in [-0.4, -0.2) is 14.3 Å². The molecular weight excluding hydrogens is 274 g/mol. The number of fused-ring (bicyclic) bond motifs is 1. The summed E-state index contributed by atoms with van der Waals surface area (Å²) in [5.41, 5.74) is 1.76. The van der Waals surface area contributed by atoms with Crippen LogP contribution in [0.15, 0.2) is 24.5 Å². The Bertz CT molecular complexity index is 522. The molecule has 2 aromatic heterocycles. The molecule has 0 spiro atoms. The molecule has 16 heavy (non-hydrogen) atoms. The molecule has 0 atom stereocenters. The lowest BCUT2D eigenvalue weighted by Gasteiger charge is -1.94. The van der Waals surface area contributed by atoms with Crippen molar-refractivity contribution in [1.82, 2.24) is 9.38 Å². The Hall–Kier alpha value is -1.43. The molecule has 0 saturated heterocycles. The van der Waals surface area contributed by atoms with Gasteiger partial charge in [0.2, 0.25) is 0 Å². The second-order valence-electron chi connectivity index (χ2n) is 3.73. The summed E-state index contributed by atoms with van der Waals surface area (Å²) in [6, 6.07) is 3.12. The van der Waals surface area contributed by atoms with Crippen LogP contribution in [0.1, 0.15) is 25.5 Å². The lowest BCUT2D eigenvalue weighted by molar-refractivity contribution is -0.385. The molecule has 2 rings (SSSR count). The molecule has 0 N–H and O–H groups in total. The third kappa shape index (κ3) is 2.21. The van der Waals surface area contributed by atoms with E-state index in [4.69, 9.17) is 0 Å². The average molecular weight is 286 g/mol. The molecule has 0 unspecified atom stereocenters. The molecular formula is C10H12BrN3O2. The lowest BCUT2D eigenvalue weighted by Crippen LogP contribution is -1.90. The fraction of sp³-hybridized carbons (Fsp3) is 0.300. The van der Waals surface area contributed by atoms with E-state index >= 15 is 0 Å². The van der Waals surface area contributed by atoms with Crippen molar-refractivity contribution in [3.05, 3.63) is 40.3 Å². The van der Waals surface area contributed by atoms with Crippen LogP contribution in [0, 0.1) is 10.1 Å². The molecule has 0 bridgehead atoms. The van der Waals surface area contributed by atoms with E-state index in [9.17, 15) is 10.1 Å².